The van der Waals surface area contributed by atoms with Crippen LogP contribution in [0.2, 0.25) is 0 Å². The van der Waals surface area contributed by atoms with Gasteiger partial charge < -0.3 is 24.2 Å². The molecule has 1 aromatic heterocycles. The first-order valence-corrected chi connectivity index (χ1v) is 23.2. The molecule has 4 saturated carbocycles. The Morgan fingerprint density at radius 2 is 1.67 bits per heavy atom. The Kier molecular flexibility index (Phi) is 13.6. The summed E-state index contributed by atoms with van der Waals surface area (Å²) in [6.07, 6.45) is 9.93. The molecule has 9 atom stereocenters. The standard InChI is InChI=1S/C50H79N3O7/c1-33(2)42-36(54)29-50(40(59-28-27-58-12)32-53(26-25-52(10)11)31-34-15-13-14-24-51-34)23-22-48(8)35(43(42)50)16-17-38-47(7)20-19-39(60-41(55)30-45(3,4)44(56)57)46(5,6)37(47)18-21-49(38,48)9/h13-15,24,33,35,37-40H,16-23,25-32H2,1-12H3,(H,56,57)/t35-,37-,38-,39+,40?,47+,48-,49-,50?/m1/s1. The highest BCUT2D eigenvalue weighted by Crippen LogP contribution is 2.77. The van der Waals surface area contributed by atoms with Gasteiger partial charge >= 0.3 is 11.9 Å². The van der Waals surface area contributed by atoms with Crippen molar-refractivity contribution in [3.63, 3.8) is 0 Å². The number of aromatic nitrogens is 1. The maximum atomic E-state index is 14.6. The van der Waals surface area contributed by atoms with E-state index in [4.69, 9.17) is 19.2 Å². The van der Waals surface area contributed by atoms with Crippen molar-refractivity contribution in [2.75, 3.05) is 54.1 Å². The van der Waals surface area contributed by atoms with Crippen LogP contribution >= 0.6 is 0 Å². The molecule has 0 amide bonds. The second-order valence-corrected chi connectivity index (χ2v) is 22.3. The fourth-order valence-electron chi connectivity index (χ4n) is 14.1. The van der Waals surface area contributed by atoms with E-state index in [1.54, 1.807) is 21.0 Å². The number of methoxy groups -OCH3 is 1. The lowest BCUT2D eigenvalue weighted by Gasteiger charge is -2.72. The van der Waals surface area contributed by atoms with Crippen molar-refractivity contribution in [1.29, 1.82) is 0 Å². The van der Waals surface area contributed by atoms with Crippen LogP contribution in [0.5, 0.6) is 0 Å². The lowest BCUT2D eigenvalue weighted by molar-refractivity contribution is -0.236. The summed E-state index contributed by atoms with van der Waals surface area (Å²) in [5, 5.41) is 9.69. The zero-order valence-electron chi connectivity index (χ0n) is 39.3. The van der Waals surface area contributed by atoms with Crippen molar-refractivity contribution in [2.45, 2.75) is 145 Å². The number of hydrogen-bond donors (Lipinski definition) is 1. The van der Waals surface area contributed by atoms with Crippen LogP contribution in [0, 0.1) is 56.2 Å². The molecule has 0 spiro atoms. The van der Waals surface area contributed by atoms with Crippen molar-refractivity contribution < 1.29 is 33.7 Å². The predicted molar refractivity (Wildman–Crippen MR) is 235 cm³/mol. The summed E-state index contributed by atoms with van der Waals surface area (Å²) in [6, 6.07) is 6.13. The summed E-state index contributed by atoms with van der Waals surface area (Å²) in [7, 11) is 5.97. The van der Waals surface area contributed by atoms with Crippen molar-refractivity contribution in [3.05, 3.63) is 41.2 Å². The average Bonchev–Trinajstić information content (AvgIpc) is 3.48. The summed E-state index contributed by atoms with van der Waals surface area (Å²) in [5.41, 5.74) is 1.87. The third kappa shape index (κ3) is 8.30. The molecule has 5 aliphatic carbocycles. The van der Waals surface area contributed by atoms with Gasteiger partial charge in [-0.2, -0.15) is 0 Å². The normalized spacial score (nSPS) is 34.3. The van der Waals surface area contributed by atoms with Crippen LogP contribution in [0.1, 0.15) is 132 Å². The number of esters is 1. The van der Waals surface area contributed by atoms with Crippen LogP contribution in [0.3, 0.4) is 0 Å². The van der Waals surface area contributed by atoms with Crippen LogP contribution in [0.25, 0.3) is 0 Å². The summed E-state index contributed by atoms with van der Waals surface area (Å²) < 4.78 is 18.9. The van der Waals surface area contributed by atoms with Crippen LogP contribution in [0.4, 0.5) is 0 Å². The Morgan fingerprint density at radius 1 is 0.933 bits per heavy atom. The number of carbonyl (C=O) groups is 3. The van der Waals surface area contributed by atoms with Crippen molar-refractivity contribution in [2.24, 2.45) is 56.2 Å². The Morgan fingerprint density at radius 3 is 2.30 bits per heavy atom. The smallest absolute Gasteiger partial charge is 0.309 e. The van der Waals surface area contributed by atoms with Crippen LogP contribution in [-0.2, 0) is 35.1 Å². The first-order valence-electron chi connectivity index (χ1n) is 23.2. The topological polar surface area (TPSA) is 118 Å². The molecule has 1 N–H and O–H groups in total. The molecule has 1 heterocycles. The Labute approximate surface area is 361 Å². The first-order chi connectivity index (χ1) is 28.1. The zero-order valence-corrected chi connectivity index (χ0v) is 39.3. The molecule has 2 unspecified atom stereocenters. The van der Waals surface area contributed by atoms with E-state index in [0.29, 0.717) is 49.7 Å². The molecule has 60 heavy (non-hydrogen) atoms. The predicted octanol–water partition coefficient (Wildman–Crippen LogP) is 8.87. The molecule has 10 nitrogen and oxygen atoms in total. The van der Waals surface area contributed by atoms with Gasteiger partial charge in [-0.05, 0) is 137 Å². The molecule has 10 heteroatoms. The van der Waals surface area contributed by atoms with Gasteiger partial charge in [-0.15, -0.1) is 0 Å². The maximum Gasteiger partial charge on any atom is 0.309 e. The molecule has 0 aliphatic heterocycles. The lowest BCUT2D eigenvalue weighted by atomic mass is 9.33. The number of pyridine rings is 1. The second kappa shape index (κ2) is 17.5. The highest BCUT2D eigenvalue weighted by Gasteiger charge is 2.71. The van der Waals surface area contributed by atoms with Crippen molar-refractivity contribution in [3.8, 4) is 0 Å². The largest absolute Gasteiger partial charge is 0.481 e. The molecule has 4 fully saturated rings. The van der Waals surface area contributed by atoms with Gasteiger partial charge in [0.05, 0.1) is 36.8 Å². The summed E-state index contributed by atoms with van der Waals surface area (Å²) in [5.74, 6) is 0.208. The van der Waals surface area contributed by atoms with Gasteiger partial charge in [0, 0.05) is 56.7 Å². The molecule has 0 radical (unpaired) electrons. The monoisotopic (exact) mass is 834 g/mol. The third-order valence-corrected chi connectivity index (χ3v) is 17.5. The number of hydrogen-bond acceptors (Lipinski definition) is 9. The number of carboxylic acid groups (broad SMARTS) is 1. The Hall–Kier alpha value is -2.66. The number of likely N-dealkylation sites (N-methyl/N-ethyl adjacent to an activating group) is 1. The highest BCUT2D eigenvalue weighted by molar-refractivity contribution is 6.00. The Bertz CT molecular complexity index is 1760. The van der Waals surface area contributed by atoms with E-state index in [1.807, 2.05) is 12.3 Å². The van der Waals surface area contributed by atoms with Gasteiger partial charge in [0.25, 0.3) is 0 Å². The van der Waals surface area contributed by atoms with Gasteiger partial charge in [0.2, 0.25) is 0 Å². The van der Waals surface area contributed by atoms with Gasteiger partial charge in [0.1, 0.15) is 6.10 Å². The molecule has 6 rings (SSSR count). The quantitative estimate of drug-likeness (QED) is 0.121. The van der Waals surface area contributed by atoms with Crippen LogP contribution in [-0.4, -0.2) is 104 Å². The number of aliphatic carboxylic acids is 1. The minimum absolute atomic E-state index is 0.000982. The van der Waals surface area contributed by atoms with Gasteiger partial charge in [0.15, 0.2) is 5.78 Å². The number of ketones is 1. The molecule has 336 valence electrons. The molecular formula is C50H79N3O7. The van der Waals surface area contributed by atoms with Gasteiger partial charge in [-0.25, -0.2) is 0 Å². The molecule has 0 aromatic carbocycles. The van der Waals surface area contributed by atoms with E-state index < -0.39 is 17.4 Å². The molecule has 0 bridgehead atoms. The first kappa shape index (κ1) is 46.8. The summed E-state index contributed by atoms with van der Waals surface area (Å²) in [6.45, 7) is 24.2. The minimum Gasteiger partial charge on any atom is -0.481 e. The van der Waals surface area contributed by atoms with E-state index in [0.717, 1.165) is 82.3 Å². The van der Waals surface area contributed by atoms with Gasteiger partial charge in [-0.1, -0.05) is 60.1 Å². The van der Waals surface area contributed by atoms with E-state index in [-0.39, 0.29) is 51.6 Å². The van der Waals surface area contributed by atoms with Gasteiger partial charge in [-0.3, -0.25) is 24.3 Å². The Balaban J connectivity index is 1.33. The van der Waals surface area contributed by atoms with E-state index in [2.05, 4.69) is 84.5 Å². The maximum absolute atomic E-state index is 14.6. The molecule has 5 aliphatic rings. The number of fused-ring (bicyclic) bond motifs is 7. The van der Waals surface area contributed by atoms with E-state index in [9.17, 15) is 19.5 Å². The van der Waals surface area contributed by atoms with Crippen molar-refractivity contribution in [1.82, 2.24) is 14.8 Å². The van der Waals surface area contributed by atoms with Crippen LogP contribution in [0.15, 0.2) is 35.5 Å². The fraction of sp³-hybridized carbons (Fsp3) is 0.800. The number of allylic oxidation sites excluding steroid dienone is 1. The number of carbonyl (C=O) groups excluding carboxylic acids is 2. The summed E-state index contributed by atoms with van der Waals surface area (Å²) in [4.78, 5) is 49.2. The number of ether oxygens (including phenoxy) is 3. The zero-order chi connectivity index (χ0) is 44.1. The lowest BCUT2D eigenvalue weighted by Crippen LogP contribution is -2.66. The number of nitrogens with zero attached hydrogens (tertiary/aromatic N) is 3. The van der Waals surface area contributed by atoms with Crippen molar-refractivity contribution >= 4 is 17.7 Å². The van der Waals surface area contributed by atoms with E-state index >= 15 is 0 Å². The summed E-state index contributed by atoms with van der Waals surface area (Å²) >= 11 is 0. The fourth-order valence-corrected chi connectivity index (χ4v) is 14.1. The number of carboxylic acids is 1. The minimum atomic E-state index is -1.17. The molecule has 0 saturated heterocycles. The third-order valence-electron chi connectivity index (χ3n) is 17.5. The molecular weight excluding hydrogens is 755 g/mol. The van der Waals surface area contributed by atoms with Crippen LogP contribution < -0.4 is 0 Å². The number of rotatable bonds is 17. The van der Waals surface area contributed by atoms with E-state index in [1.165, 1.54) is 5.57 Å². The molecule has 1 aromatic rings. The second-order valence-electron chi connectivity index (χ2n) is 22.3. The SMILES string of the molecule is COCCOC(CN(CCN(C)C)Cc1ccccn1)C12CC[C@]3(C)[C@H](CC[C@@H]4[C@@]5(C)CC[C@H](OC(=O)CC(C)(C)C(=O)O)C(C)(C)[C@H]5CC[C@]43C)C1=C(C(C)C)C(=O)C2. The average molecular weight is 834 g/mol. The highest BCUT2D eigenvalue weighted by atomic mass is 16.5. The number of Topliss-reactive ketones (excluding diaryl/α,β-unsaturated/α-hetero) is 1.